The third-order valence-corrected chi connectivity index (χ3v) is 2.45. The maximum Gasteiger partial charge on any atom is 0.156 e. The molecule has 0 saturated heterocycles. The van der Waals surface area contributed by atoms with E-state index in [1.807, 2.05) is 6.92 Å². The molecule has 0 saturated carbocycles. The van der Waals surface area contributed by atoms with Gasteiger partial charge in [-0.2, -0.15) is 0 Å². The fourth-order valence-corrected chi connectivity index (χ4v) is 1.74. The van der Waals surface area contributed by atoms with Crippen molar-refractivity contribution in [3.8, 4) is 5.75 Å². The Balaban J connectivity index is 2.47. The summed E-state index contributed by atoms with van der Waals surface area (Å²) in [5.41, 5.74) is 5.91. The highest BCUT2D eigenvalue weighted by Crippen LogP contribution is 2.32. The van der Waals surface area contributed by atoms with Crippen molar-refractivity contribution in [2.24, 2.45) is 0 Å². The molecule has 1 aromatic carbocycles. The highest BCUT2D eigenvalue weighted by Gasteiger charge is 2.08. The Labute approximate surface area is 103 Å². The quantitative estimate of drug-likeness (QED) is 0.647. The molecule has 0 radical (unpaired) electrons. The molecule has 5 heteroatoms. The lowest BCUT2D eigenvalue weighted by molar-refractivity contribution is 0.101. The van der Waals surface area contributed by atoms with Gasteiger partial charge in [-0.1, -0.05) is 6.92 Å². The molecule has 0 heterocycles. The van der Waals surface area contributed by atoms with Crippen molar-refractivity contribution in [3.63, 3.8) is 0 Å². The number of hydrogen-bond acceptors (Lipinski definition) is 3. The van der Waals surface area contributed by atoms with Gasteiger partial charge in [0.2, 0.25) is 0 Å². The van der Waals surface area contributed by atoms with Gasteiger partial charge in [-0.25, -0.2) is 4.39 Å². The highest BCUT2D eigenvalue weighted by atomic mass is 79.9. The Morgan fingerprint density at radius 3 is 2.69 bits per heavy atom. The van der Waals surface area contributed by atoms with Gasteiger partial charge in [-0.3, -0.25) is 0 Å². The number of halogens is 2. The van der Waals surface area contributed by atoms with Crippen LogP contribution in [0.1, 0.15) is 13.3 Å². The van der Waals surface area contributed by atoms with Crippen LogP contribution >= 0.6 is 15.9 Å². The average molecular weight is 292 g/mol. The summed E-state index contributed by atoms with van der Waals surface area (Å²) in [6, 6.07) is 2.55. The summed E-state index contributed by atoms with van der Waals surface area (Å²) in [7, 11) is 0. The first-order valence-electron chi connectivity index (χ1n) is 5.10. The standard InChI is InChI=1S/C11H15BrFNO2/c1-2-3-15-4-5-16-11-9(12)6-8(13)7-10(11)14/h6-7H,2-5,14H2,1H3. The smallest absolute Gasteiger partial charge is 0.156 e. The third-order valence-electron chi connectivity index (χ3n) is 1.86. The third kappa shape index (κ3) is 3.98. The lowest BCUT2D eigenvalue weighted by atomic mass is 10.3. The number of nitrogen functional groups attached to an aromatic ring is 1. The second-order valence-electron chi connectivity index (χ2n) is 3.27. The zero-order chi connectivity index (χ0) is 12.0. The number of hydrogen-bond donors (Lipinski definition) is 1. The van der Waals surface area contributed by atoms with Gasteiger partial charge in [0.25, 0.3) is 0 Å². The molecular formula is C11H15BrFNO2. The molecule has 0 unspecified atom stereocenters. The van der Waals surface area contributed by atoms with E-state index in [9.17, 15) is 4.39 Å². The van der Waals surface area contributed by atoms with Crippen LogP contribution < -0.4 is 10.5 Å². The maximum absolute atomic E-state index is 12.9. The van der Waals surface area contributed by atoms with Crippen LogP contribution in [-0.2, 0) is 4.74 Å². The molecule has 0 aliphatic heterocycles. The fourth-order valence-electron chi connectivity index (χ4n) is 1.18. The molecule has 90 valence electrons. The van der Waals surface area contributed by atoms with E-state index in [-0.39, 0.29) is 11.5 Å². The molecule has 0 amide bonds. The Kier molecular flexibility index (Phi) is 5.55. The van der Waals surface area contributed by atoms with Gasteiger partial charge in [0.05, 0.1) is 16.8 Å². The lowest BCUT2D eigenvalue weighted by Crippen LogP contribution is -2.08. The van der Waals surface area contributed by atoms with E-state index >= 15 is 0 Å². The number of rotatable bonds is 6. The van der Waals surface area contributed by atoms with Gasteiger partial charge < -0.3 is 15.2 Å². The monoisotopic (exact) mass is 291 g/mol. The fraction of sp³-hybridized carbons (Fsp3) is 0.455. The van der Waals surface area contributed by atoms with Crippen LogP contribution in [0.4, 0.5) is 10.1 Å². The van der Waals surface area contributed by atoms with Gasteiger partial charge >= 0.3 is 0 Å². The summed E-state index contributed by atoms with van der Waals surface area (Å²) in [6.07, 6.45) is 0.975. The van der Waals surface area contributed by atoms with Crippen molar-refractivity contribution in [1.29, 1.82) is 0 Å². The van der Waals surface area contributed by atoms with E-state index in [2.05, 4.69) is 15.9 Å². The van der Waals surface area contributed by atoms with Crippen molar-refractivity contribution in [2.45, 2.75) is 13.3 Å². The molecule has 1 aromatic rings. The van der Waals surface area contributed by atoms with Crippen molar-refractivity contribution in [2.75, 3.05) is 25.6 Å². The van der Waals surface area contributed by atoms with Crippen LogP contribution in [0.3, 0.4) is 0 Å². The minimum atomic E-state index is -0.390. The van der Waals surface area contributed by atoms with Gasteiger partial charge in [0, 0.05) is 12.7 Å². The number of nitrogens with two attached hydrogens (primary N) is 1. The first-order valence-corrected chi connectivity index (χ1v) is 5.89. The SMILES string of the molecule is CCCOCCOc1c(N)cc(F)cc1Br. The summed E-state index contributed by atoms with van der Waals surface area (Å²) in [4.78, 5) is 0. The highest BCUT2D eigenvalue weighted by molar-refractivity contribution is 9.10. The van der Waals surface area contributed by atoms with E-state index in [1.165, 1.54) is 12.1 Å². The van der Waals surface area contributed by atoms with Crippen LogP contribution in [0.15, 0.2) is 16.6 Å². The number of anilines is 1. The van der Waals surface area contributed by atoms with E-state index in [0.29, 0.717) is 30.0 Å². The molecule has 0 aromatic heterocycles. The van der Waals surface area contributed by atoms with Crippen LogP contribution in [0.2, 0.25) is 0 Å². The lowest BCUT2D eigenvalue weighted by Gasteiger charge is -2.11. The predicted octanol–water partition coefficient (Wildman–Crippen LogP) is 2.98. The van der Waals surface area contributed by atoms with Gasteiger partial charge in [-0.05, 0) is 28.4 Å². The Bertz CT molecular complexity index is 324. The van der Waals surface area contributed by atoms with E-state index in [1.54, 1.807) is 0 Å². The van der Waals surface area contributed by atoms with Crippen LogP contribution in [0.5, 0.6) is 5.75 Å². The molecule has 0 fully saturated rings. The Morgan fingerprint density at radius 1 is 1.31 bits per heavy atom. The number of benzene rings is 1. The second-order valence-corrected chi connectivity index (χ2v) is 4.12. The minimum absolute atomic E-state index is 0.280. The minimum Gasteiger partial charge on any atom is -0.488 e. The molecule has 1 rings (SSSR count). The van der Waals surface area contributed by atoms with E-state index < -0.39 is 0 Å². The summed E-state index contributed by atoms with van der Waals surface area (Å²) in [5.74, 6) is 0.0699. The first-order chi connectivity index (χ1) is 7.65. The van der Waals surface area contributed by atoms with Crippen molar-refractivity contribution in [1.82, 2.24) is 0 Å². The van der Waals surface area contributed by atoms with E-state index in [0.717, 1.165) is 6.42 Å². The van der Waals surface area contributed by atoms with Crippen molar-refractivity contribution >= 4 is 21.6 Å². The molecule has 16 heavy (non-hydrogen) atoms. The molecule has 0 spiro atoms. The molecule has 2 N–H and O–H groups in total. The topological polar surface area (TPSA) is 44.5 Å². The van der Waals surface area contributed by atoms with Gasteiger partial charge in [-0.15, -0.1) is 0 Å². The summed E-state index contributed by atoms with van der Waals surface area (Å²) < 4.78 is 24.1. The predicted molar refractivity (Wildman–Crippen MR) is 65.1 cm³/mol. The van der Waals surface area contributed by atoms with Crippen LogP contribution in [0.25, 0.3) is 0 Å². The summed E-state index contributed by atoms with van der Waals surface area (Å²) >= 11 is 3.19. The summed E-state index contributed by atoms with van der Waals surface area (Å²) in [6.45, 7) is 3.64. The summed E-state index contributed by atoms with van der Waals surface area (Å²) in [5, 5.41) is 0. The largest absolute Gasteiger partial charge is 0.488 e. The van der Waals surface area contributed by atoms with Gasteiger partial charge in [0.15, 0.2) is 5.75 Å². The molecule has 0 atom stereocenters. The van der Waals surface area contributed by atoms with Gasteiger partial charge in [0.1, 0.15) is 12.4 Å². The Morgan fingerprint density at radius 2 is 2.06 bits per heavy atom. The molecule has 0 bridgehead atoms. The molecule has 0 aliphatic carbocycles. The van der Waals surface area contributed by atoms with Crippen molar-refractivity contribution in [3.05, 3.63) is 22.4 Å². The second kappa shape index (κ2) is 6.70. The maximum atomic E-state index is 12.9. The molecule has 0 aliphatic rings. The van der Waals surface area contributed by atoms with Crippen LogP contribution in [-0.4, -0.2) is 19.8 Å². The zero-order valence-electron chi connectivity index (χ0n) is 9.13. The van der Waals surface area contributed by atoms with E-state index in [4.69, 9.17) is 15.2 Å². The van der Waals surface area contributed by atoms with Crippen LogP contribution in [0, 0.1) is 5.82 Å². The van der Waals surface area contributed by atoms with Crippen molar-refractivity contribution < 1.29 is 13.9 Å². The Hall–Kier alpha value is -0.810. The molecule has 3 nitrogen and oxygen atoms in total. The zero-order valence-corrected chi connectivity index (χ0v) is 10.7. The first kappa shape index (κ1) is 13.3. The molecular weight excluding hydrogens is 277 g/mol. The average Bonchev–Trinajstić information content (AvgIpc) is 2.20. The normalized spacial score (nSPS) is 10.4. The number of ether oxygens (including phenoxy) is 2.